The Kier molecular flexibility index (Phi) is 5.53. The number of anilines is 1. The first-order chi connectivity index (χ1) is 12.1. The maximum Gasteiger partial charge on any atom is 0.322 e. The van der Waals surface area contributed by atoms with Crippen molar-refractivity contribution in [3.05, 3.63) is 58.6 Å². The van der Waals surface area contributed by atoms with Crippen molar-refractivity contribution < 1.29 is 13.9 Å². The van der Waals surface area contributed by atoms with Gasteiger partial charge in [0.2, 0.25) is 5.91 Å². The van der Waals surface area contributed by atoms with Crippen LogP contribution >= 0.6 is 23.2 Å². The van der Waals surface area contributed by atoms with E-state index in [0.717, 1.165) is 0 Å². The third kappa shape index (κ3) is 4.71. The lowest BCUT2D eigenvalue weighted by Crippen LogP contribution is -2.15. The van der Waals surface area contributed by atoms with E-state index in [1.54, 1.807) is 18.2 Å². The van der Waals surface area contributed by atoms with Crippen molar-refractivity contribution in [2.24, 2.45) is 0 Å². The van der Waals surface area contributed by atoms with E-state index >= 15 is 0 Å². The lowest BCUT2D eigenvalue weighted by molar-refractivity contribution is -0.116. The maximum atomic E-state index is 11.9. The van der Waals surface area contributed by atoms with Crippen molar-refractivity contribution in [3.8, 4) is 17.2 Å². The van der Waals surface area contributed by atoms with Crippen LogP contribution in [0.3, 0.4) is 0 Å². The monoisotopic (exact) mass is 377 g/mol. The molecule has 3 aromatic rings. The molecule has 1 heterocycles. The number of hydrogen-bond acceptors (Lipinski definition) is 5. The average Bonchev–Trinajstić information content (AvgIpc) is 3.06. The van der Waals surface area contributed by atoms with Crippen LogP contribution in [-0.2, 0) is 4.79 Å². The number of hydrogen-bond donors (Lipinski definition) is 1. The summed E-state index contributed by atoms with van der Waals surface area (Å²) in [5, 5.41) is 11.1. The van der Waals surface area contributed by atoms with Crippen molar-refractivity contribution in [1.82, 2.24) is 10.2 Å². The van der Waals surface area contributed by atoms with E-state index < -0.39 is 0 Å². The SMILES string of the molecule is O=C(CCOc1ccccc1)Nc1nnc(-c2cc(Cl)ccc2Cl)o1. The molecule has 0 bridgehead atoms. The van der Waals surface area contributed by atoms with Gasteiger partial charge in [-0.3, -0.25) is 10.1 Å². The largest absolute Gasteiger partial charge is 0.493 e. The number of rotatable bonds is 6. The fourth-order valence-electron chi connectivity index (χ4n) is 2.00. The molecule has 0 unspecified atom stereocenters. The molecule has 128 valence electrons. The molecule has 8 heteroatoms. The molecule has 0 spiro atoms. The van der Waals surface area contributed by atoms with Gasteiger partial charge >= 0.3 is 6.01 Å². The Bertz CT molecular complexity index is 869. The summed E-state index contributed by atoms with van der Waals surface area (Å²) in [4.78, 5) is 11.9. The molecule has 0 aliphatic heterocycles. The van der Waals surface area contributed by atoms with E-state index in [2.05, 4.69) is 15.5 Å². The van der Waals surface area contributed by atoms with Gasteiger partial charge < -0.3 is 9.15 Å². The molecule has 1 amide bonds. The summed E-state index contributed by atoms with van der Waals surface area (Å²) in [7, 11) is 0. The van der Waals surface area contributed by atoms with Gasteiger partial charge in [0.1, 0.15) is 5.75 Å². The van der Waals surface area contributed by atoms with Crippen molar-refractivity contribution >= 4 is 35.1 Å². The second-order valence-electron chi connectivity index (χ2n) is 5.00. The Hall–Kier alpha value is -2.57. The standard InChI is InChI=1S/C17H13Cl2N3O3/c18-11-6-7-14(19)13(10-11)16-21-22-17(25-16)20-15(23)8-9-24-12-4-2-1-3-5-12/h1-7,10H,8-9H2,(H,20,22,23). The minimum atomic E-state index is -0.302. The summed E-state index contributed by atoms with van der Waals surface area (Å²) in [6.07, 6.45) is 0.143. The molecular weight excluding hydrogens is 365 g/mol. The number of aromatic nitrogens is 2. The first-order valence-electron chi connectivity index (χ1n) is 7.38. The minimum absolute atomic E-state index is 0.0178. The highest BCUT2D eigenvalue weighted by molar-refractivity contribution is 6.35. The summed E-state index contributed by atoms with van der Waals surface area (Å²) in [6.45, 7) is 0.233. The molecule has 3 rings (SSSR count). The van der Waals surface area contributed by atoms with Crippen LogP contribution in [0.1, 0.15) is 6.42 Å². The van der Waals surface area contributed by atoms with Gasteiger partial charge in [0, 0.05) is 5.02 Å². The van der Waals surface area contributed by atoms with E-state index in [9.17, 15) is 4.79 Å². The van der Waals surface area contributed by atoms with Gasteiger partial charge in [-0.15, -0.1) is 5.10 Å². The zero-order chi connectivity index (χ0) is 17.6. The van der Waals surface area contributed by atoms with Crippen LogP contribution in [0, 0.1) is 0 Å². The van der Waals surface area contributed by atoms with Crippen LogP contribution in [0.25, 0.3) is 11.5 Å². The number of ether oxygens (including phenoxy) is 1. The number of para-hydroxylation sites is 1. The van der Waals surface area contributed by atoms with E-state index in [-0.39, 0.29) is 30.8 Å². The van der Waals surface area contributed by atoms with Crippen LogP contribution in [0.2, 0.25) is 10.0 Å². The molecule has 25 heavy (non-hydrogen) atoms. The Morgan fingerprint density at radius 3 is 2.72 bits per heavy atom. The van der Waals surface area contributed by atoms with Crippen LogP contribution in [0.5, 0.6) is 5.75 Å². The molecule has 0 atom stereocenters. The molecule has 0 saturated heterocycles. The quantitative estimate of drug-likeness (QED) is 0.686. The first-order valence-corrected chi connectivity index (χ1v) is 8.14. The van der Waals surface area contributed by atoms with E-state index in [1.165, 1.54) is 0 Å². The van der Waals surface area contributed by atoms with Gasteiger partial charge in [0.15, 0.2) is 0 Å². The lowest BCUT2D eigenvalue weighted by Gasteiger charge is -2.05. The molecule has 0 radical (unpaired) electrons. The lowest BCUT2D eigenvalue weighted by atomic mass is 10.2. The van der Waals surface area contributed by atoms with Crippen LogP contribution in [0.15, 0.2) is 52.9 Å². The Morgan fingerprint density at radius 2 is 1.92 bits per heavy atom. The Morgan fingerprint density at radius 1 is 1.12 bits per heavy atom. The summed E-state index contributed by atoms with van der Waals surface area (Å²) in [5.74, 6) is 0.567. The zero-order valence-corrected chi connectivity index (χ0v) is 14.4. The van der Waals surface area contributed by atoms with Crippen LogP contribution in [-0.4, -0.2) is 22.7 Å². The second kappa shape index (κ2) is 8.00. The molecule has 1 aromatic heterocycles. The highest BCUT2D eigenvalue weighted by Gasteiger charge is 2.14. The predicted molar refractivity (Wildman–Crippen MR) is 94.9 cm³/mol. The molecule has 2 aromatic carbocycles. The third-order valence-corrected chi connectivity index (χ3v) is 3.74. The summed E-state index contributed by atoms with van der Waals surface area (Å²) in [6, 6.07) is 14.1. The van der Waals surface area contributed by atoms with Gasteiger partial charge in [-0.05, 0) is 30.3 Å². The molecule has 0 saturated carbocycles. The van der Waals surface area contributed by atoms with Gasteiger partial charge in [-0.25, -0.2) is 0 Å². The molecule has 0 aliphatic carbocycles. The number of amides is 1. The molecule has 6 nitrogen and oxygen atoms in total. The number of nitrogens with one attached hydrogen (secondary N) is 1. The number of nitrogens with zero attached hydrogens (tertiary/aromatic N) is 2. The van der Waals surface area contributed by atoms with Gasteiger partial charge in [0.25, 0.3) is 5.89 Å². The number of carbonyl (C=O) groups is 1. The van der Waals surface area contributed by atoms with Crippen molar-refractivity contribution in [2.45, 2.75) is 6.42 Å². The first kappa shape index (κ1) is 17.3. The fraction of sp³-hybridized carbons (Fsp3) is 0.118. The van der Waals surface area contributed by atoms with Crippen molar-refractivity contribution in [2.75, 3.05) is 11.9 Å². The normalized spacial score (nSPS) is 10.5. The molecule has 0 fully saturated rings. The van der Waals surface area contributed by atoms with E-state index in [4.69, 9.17) is 32.4 Å². The Labute approximate surface area is 153 Å². The molecular formula is C17H13Cl2N3O3. The summed E-state index contributed by atoms with van der Waals surface area (Å²) >= 11 is 12.0. The van der Waals surface area contributed by atoms with Gasteiger partial charge in [-0.2, -0.15) is 0 Å². The number of benzene rings is 2. The smallest absolute Gasteiger partial charge is 0.322 e. The van der Waals surface area contributed by atoms with Gasteiger partial charge in [0.05, 0.1) is 23.6 Å². The molecule has 0 aliphatic rings. The minimum Gasteiger partial charge on any atom is -0.493 e. The fourth-order valence-corrected chi connectivity index (χ4v) is 2.37. The Balaban J connectivity index is 1.56. The van der Waals surface area contributed by atoms with Crippen molar-refractivity contribution in [1.29, 1.82) is 0 Å². The summed E-state index contributed by atoms with van der Waals surface area (Å²) < 4.78 is 10.9. The van der Waals surface area contributed by atoms with Crippen molar-refractivity contribution in [3.63, 3.8) is 0 Å². The average molecular weight is 378 g/mol. The molecule has 1 N–H and O–H groups in total. The topological polar surface area (TPSA) is 77.2 Å². The highest BCUT2D eigenvalue weighted by atomic mass is 35.5. The summed E-state index contributed by atoms with van der Waals surface area (Å²) in [5.41, 5.74) is 0.495. The second-order valence-corrected chi connectivity index (χ2v) is 5.84. The highest BCUT2D eigenvalue weighted by Crippen LogP contribution is 2.30. The van der Waals surface area contributed by atoms with E-state index in [1.807, 2.05) is 30.3 Å². The van der Waals surface area contributed by atoms with Gasteiger partial charge in [-0.1, -0.05) is 46.5 Å². The number of carbonyl (C=O) groups excluding carboxylic acids is 1. The van der Waals surface area contributed by atoms with Crippen LogP contribution < -0.4 is 10.1 Å². The van der Waals surface area contributed by atoms with E-state index in [0.29, 0.717) is 21.4 Å². The predicted octanol–water partition coefficient (Wildman–Crippen LogP) is 4.45. The zero-order valence-electron chi connectivity index (χ0n) is 12.9. The third-order valence-electron chi connectivity index (χ3n) is 3.17. The maximum absolute atomic E-state index is 11.9. The number of halogens is 2. The van der Waals surface area contributed by atoms with Crippen LogP contribution in [0.4, 0.5) is 6.01 Å².